The zero-order valence-electron chi connectivity index (χ0n) is 11.7. The molecule has 1 saturated heterocycles. The zero-order chi connectivity index (χ0) is 14.8. The highest BCUT2D eigenvalue weighted by Crippen LogP contribution is 2.32. The summed E-state index contributed by atoms with van der Waals surface area (Å²) in [6.45, 7) is 3.23. The summed E-state index contributed by atoms with van der Waals surface area (Å²) >= 11 is 3.10. The molecule has 4 nitrogen and oxygen atoms in total. The van der Waals surface area contributed by atoms with Crippen molar-refractivity contribution in [2.45, 2.75) is 19.8 Å². The predicted octanol–water partition coefficient (Wildman–Crippen LogP) is 3.56. The third kappa shape index (κ3) is 2.85. The molecule has 0 atom stereocenters. The van der Waals surface area contributed by atoms with Crippen LogP contribution in [0.3, 0.4) is 0 Å². The topological polar surface area (TPSA) is 57.0 Å². The zero-order valence-corrected chi connectivity index (χ0v) is 13.3. The van der Waals surface area contributed by atoms with Gasteiger partial charge in [0.15, 0.2) is 0 Å². The Morgan fingerprint density at radius 1 is 1.48 bits per heavy atom. The first-order chi connectivity index (χ1) is 10.2. The number of thiazole rings is 1. The van der Waals surface area contributed by atoms with Gasteiger partial charge in [0.25, 0.3) is 5.91 Å². The molecule has 1 amide bonds. The molecule has 0 aromatic carbocycles. The molecule has 1 aliphatic heterocycles. The van der Waals surface area contributed by atoms with Crippen molar-refractivity contribution in [2.24, 2.45) is 5.92 Å². The number of hydrogen-bond acceptors (Lipinski definition) is 5. The molecule has 2 aromatic heterocycles. The van der Waals surface area contributed by atoms with Crippen LogP contribution in [0.5, 0.6) is 0 Å². The van der Waals surface area contributed by atoms with E-state index in [4.69, 9.17) is 5.26 Å². The van der Waals surface area contributed by atoms with Crippen molar-refractivity contribution < 1.29 is 4.79 Å². The van der Waals surface area contributed by atoms with E-state index in [-0.39, 0.29) is 11.8 Å². The van der Waals surface area contributed by atoms with Crippen molar-refractivity contribution in [1.82, 2.24) is 9.88 Å². The Balaban J connectivity index is 1.78. The molecule has 0 radical (unpaired) electrons. The van der Waals surface area contributed by atoms with Crippen LogP contribution in [0.15, 0.2) is 17.5 Å². The van der Waals surface area contributed by atoms with Crippen LogP contribution in [0.2, 0.25) is 0 Å². The van der Waals surface area contributed by atoms with E-state index in [0.717, 1.165) is 33.3 Å². The van der Waals surface area contributed by atoms with E-state index in [1.54, 1.807) is 11.3 Å². The summed E-state index contributed by atoms with van der Waals surface area (Å²) in [5.74, 6) is 0.155. The molecule has 0 aliphatic carbocycles. The molecule has 2 aromatic rings. The van der Waals surface area contributed by atoms with Gasteiger partial charge in [0, 0.05) is 19.0 Å². The molecule has 3 rings (SSSR count). The van der Waals surface area contributed by atoms with Crippen LogP contribution in [0.4, 0.5) is 0 Å². The van der Waals surface area contributed by atoms with Crippen molar-refractivity contribution in [1.29, 1.82) is 5.26 Å². The number of carbonyl (C=O) groups excluding carboxylic acids is 1. The summed E-state index contributed by atoms with van der Waals surface area (Å²) in [7, 11) is 0. The first-order valence-electron chi connectivity index (χ1n) is 6.89. The molecule has 0 saturated carbocycles. The molecule has 6 heteroatoms. The van der Waals surface area contributed by atoms with Gasteiger partial charge in [-0.1, -0.05) is 6.07 Å². The maximum atomic E-state index is 12.6. The Morgan fingerprint density at radius 3 is 2.86 bits per heavy atom. The summed E-state index contributed by atoms with van der Waals surface area (Å²) < 4.78 is 0. The van der Waals surface area contributed by atoms with Crippen LogP contribution in [0.25, 0.3) is 9.88 Å². The van der Waals surface area contributed by atoms with E-state index in [1.807, 2.05) is 29.3 Å². The van der Waals surface area contributed by atoms with E-state index >= 15 is 0 Å². The fraction of sp³-hybridized carbons (Fsp3) is 0.400. The second kappa shape index (κ2) is 5.96. The van der Waals surface area contributed by atoms with Crippen molar-refractivity contribution in [3.63, 3.8) is 0 Å². The molecule has 3 heterocycles. The van der Waals surface area contributed by atoms with Crippen LogP contribution in [0, 0.1) is 24.2 Å². The highest BCUT2D eigenvalue weighted by atomic mass is 32.1. The molecule has 1 fully saturated rings. The van der Waals surface area contributed by atoms with Crippen LogP contribution in [-0.4, -0.2) is 28.9 Å². The van der Waals surface area contributed by atoms with Gasteiger partial charge in [-0.05, 0) is 31.2 Å². The summed E-state index contributed by atoms with van der Waals surface area (Å²) in [6, 6.07) is 6.31. The third-order valence-electron chi connectivity index (χ3n) is 3.69. The summed E-state index contributed by atoms with van der Waals surface area (Å²) in [4.78, 5) is 20.8. The van der Waals surface area contributed by atoms with Gasteiger partial charge in [0.1, 0.15) is 9.88 Å². The first kappa shape index (κ1) is 14.2. The van der Waals surface area contributed by atoms with Gasteiger partial charge in [-0.2, -0.15) is 5.26 Å². The lowest BCUT2D eigenvalue weighted by Gasteiger charge is -2.28. The number of nitriles is 1. The molecule has 1 aliphatic rings. The molecule has 0 N–H and O–H groups in total. The number of rotatable bonds is 2. The number of carbonyl (C=O) groups is 1. The molecular formula is C15H15N3OS2. The van der Waals surface area contributed by atoms with E-state index in [0.29, 0.717) is 13.1 Å². The third-order valence-corrected chi connectivity index (χ3v) is 5.87. The summed E-state index contributed by atoms with van der Waals surface area (Å²) in [5.41, 5.74) is 0.802. The normalized spacial score (nSPS) is 15.9. The minimum atomic E-state index is 0.0594. The SMILES string of the molecule is Cc1nc(-c2cccs2)sc1C(=O)N1CCC(C#N)CC1. The van der Waals surface area contributed by atoms with Gasteiger partial charge in [-0.15, -0.1) is 22.7 Å². The van der Waals surface area contributed by atoms with Crippen LogP contribution >= 0.6 is 22.7 Å². The van der Waals surface area contributed by atoms with Crippen LogP contribution in [0.1, 0.15) is 28.2 Å². The number of piperidine rings is 1. The Bertz CT molecular complexity index is 676. The van der Waals surface area contributed by atoms with E-state index in [9.17, 15) is 4.79 Å². The van der Waals surface area contributed by atoms with Gasteiger partial charge in [0.2, 0.25) is 0 Å². The van der Waals surface area contributed by atoms with Gasteiger partial charge >= 0.3 is 0 Å². The Morgan fingerprint density at radius 2 is 2.24 bits per heavy atom. The van der Waals surface area contributed by atoms with Crippen LogP contribution < -0.4 is 0 Å². The molecule has 108 valence electrons. The second-order valence-electron chi connectivity index (χ2n) is 5.11. The second-order valence-corrected chi connectivity index (χ2v) is 7.05. The van der Waals surface area contributed by atoms with Crippen LogP contribution in [-0.2, 0) is 0 Å². The number of aryl methyl sites for hydroxylation is 1. The fourth-order valence-electron chi connectivity index (χ4n) is 2.46. The standard InChI is InChI=1S/C15H15N3OS2/c1-10-13(21-14(17-10)12-3-2-8-20-12)15(19)18-6-4-11(9-16)5-7-18/h2-3,8,11H,4-7H2,1H3. The number of likely N-dealkylation sites (tertiary alicyclic amines) is 1. The monoisotopic (exact) mass is 317 g/mol. The Labute approximate surface area is 131 Å². The number of hydrogen-bond donors (Lipinski definition) is 0. The summed E-state index contributed by atoms with van der Waals surface area (Å²) in [5, 5.41) is 11.9. The highest BCUT2D eigenvalue weighted by molar-refractivity contribution is 7.22. The van der Waals surface area contributed by atoms with Gasteiger partial charge in [-0.25, -0.2) is 4.98 Å². The fourth-order valence-corrected chi connectivity index (χ4v) is 4.29. The summed E-state index contributed by atoms with van der Waals surface area (Å²) in [6.07, 6.45) is 1.55. The van der Waals surface area contributed by atoms with Crippen molar-refractivity contribution in [3.8, 4) is 16.0 Å². The van der Waals surface area contributed by atoms with E-state index in [1.165, 1.54) is 11.3 Å². The lowest BCUT2D eigenvalue weighted by Crippen LogP contribution is -2.38. The maximum absolute atomic E-state index is 12.6. The first-order valence-corrected chi connectivity index (χ1v) is 8.59. The van der Waals surface area contributed by atoms with Gasteiger partial charge in [0.05, 0.1) is 16.6 Å². The van der Waals surface area contributed by atoms with Gasteiger partial charge in [-0.3, -0.25) is 4.79 Å². The smallest absolute Gasteiger partial charge is 0.265 e. The van der Waals surface area contributed by atoms with E-state index < -0.39 is 0 Å². The molecule has 21 heavy (non-hydrogen) atoms. The minimum absolute atomic E-state index is 0.0594. The lowest BCUT2D eigenvalue weighted by molar-refractivity contribution is 0.0711. The maximum Gasteiger partial charge on any atom is 0.265 e. The number of amides is 1. The largest absolute Gasteiger partial charge is 0.338 e. The molecule has 0 bridgehead atoms. The van der Waals surface area contributed by atoms with E-state index in [2.05, 4.69) is 11.1 Å². The van der Waals surface area contributed by atoms with Gasteiger partial charge < -0.3 is 4.90 Å². The Kier molecular flexibility index (Phi) is 4.04. The molecule has 0 spiro atoms. The van der Waals surface area contributed by atoms with Crippen molar-refractivity contribution in [2.75, 3.05) is 13.1 Å². The number of thiophene rings is 1. The number of aromatic nitrogens is 1. The number of nitrogens with zero attached hydrogens (tertiary/aromatic N) is 3. The highest BCUT2D eigenvalue weighted by Gasteiger charge is 2.26. The minimum Gasteiger partial charge on any atom is -0.338 e. The molecule has 0 unspecified atom stereocenters. The average Bonchev–Trinajstić information content (AvgIpc) is 3.16. The quantitative estimate of drug-likeness (QED) is 0.851. The van der Waals surface area contributed by atoms with Crippen molar-refractivity contribution >= 4 is 28.6 Å². The van der Waals surface area contributed by atoms with Crippen molar-refractivity contribution in [3.05, 3.63) is 28.1 Å². The lowest BCUT2D eigenvalue weighted by atomic mass is 9.98. The Hall–Kier alpha value is -1.71. The predicted molar refractivity (Wildman–Crippen MR) is 84.4 cm³/mol. The average molecular weight is 317 g/mol. The molecular weight excluding hydrogens is 302 g/mol.